The molecule has 0 aliphatic heterocycles. The predicted octanol–water partition coefficient (Wildman–Crippen LogP) is 7.41. The molecule has 4 heteroatoms. The predicted molar refractivity (Wildman–Crippen MR) is 111 cm³/mol. The molecule has 0 aromatic heterocycles. The molecule has 4 nitrogen and oxygen atoms in total. The summed E-state index contributed by atoms with van der Waals surface area (Å²) in [5, 5.41) is 23.0. The Morgan fingerprint density at radius 2 is 1.22 bits per heavy atom. The second kappa shape index (κ2) is 18.8. The Bertz CT molecular complexity index is 519. The first kappa shape index (κ1) is 25.0. The summed E-state index contributed by atoms with van der Waals surface area (Å²) in [6, 6.07) is 10.3. The van der Waals surface area contributed by atoms with E-state index in [0.717, 1.165) is 12.0 Å². The van der Waals surface area contributed by atoms with E-state index in [0.29, 0.717) is 0 Å². The lowest BCUT2D eigenvalue weighted by Crippen LogP contribution is -1.90. The molecule has 0 bridgehead atoms. The van der Waals surface area contributed by atoms with Crippen molar-refractivity contribution < 1.29 is 15.0 Å². The highest BCUT2D eigenvalue weighted by Gasteiger charge is 2.00. The zero-order chi connectivity index (χ0) is 20.2. The molecule has 0 unspecified atom stereocenters. The van der Waals surface area contributed by atoms with Crippen LogP contribution < -0.4 is 0 Å². The number of rotatable bonds is 14. The third kappa shape index (κ3) is 17.2. The van der Waals surface area contributed by atoms with Crippen molar-refractivity contribution in [1.29, 1.82) is 5.26 Å². The Morgan fingerprint density at radius 3 is 1.67 bits per heavy atom. The fraction of sp³-hybridized carbons (Fsp3) is 0.652. The van der Waals surface area contributed by atoms with Gasteiger partial charge in [0.1, 0.15) is 0 Å². The second-order valence-electron chi connectivity index (χ2n) is 7.04. The van der Waals surface area contributed by atoms with Gasteiger partial charge in [-0.05, 0) is 24.5 Å². The van der Waals surface area contributed by atoms with Gasteiger partial charge in [0.25, 0.3) is 0 Å². The normalized spacial score (nSPS) is 9.93. The van der Waals surface area contributed by atoms with Crippen LogP contribution in [0.4, 0.5) is 4.79 Å². The molecule has 2 N–H and O–H groups in total. The smallest absolute Gasteiger partial charge is 0.450 e. The minimum absolute atomic E-state index is 0.853. The molecule has 1 aromatic rings. The van der Waals surface area contributed by atoms with E-state index in [4.69, 9.17) is 20.3 Å². The van der Waals surface area contributed by atoms with Crippen LogP contribution in [-0.4, -0.2) is 16.4 Å². The van der Waals surface area contributed by atoms with Crippen molar-refractivity contribution in [2.24, 2.45) is 0 Å². The minimum atomic E-state index is -1.83. The molecule has 27 heavy (non-hydrogen) atoms. The number of hydrogen-bond acceptors (Lipinski definition) is 2. The van der Waals surface area contributed by atoms with Gasteiger partial charge < -0.3 is 10.2 Å². The van der Waals surface area contributed by atoms with Gasteiger partial charge in [-0.15, -0.1) is 0 Å². The van der Waals surface area contributed by atoms with Crippen molar-refractivity contribution in [1.82, 2.24) is 0 Å². The fourth-order valence-corrected chi connectivity index (χ4v) is 3.18. The summed E-state index contributed by atoms with van der Waals surface area (Å²) in [6.45, 7) is 2.28. The van der Waals surface area contributed by atoms with Crippen molar-refractivity contribution in [3.63, 3.8) is 0 Å². The topological polar surface area (TPSA) is 81.3 Å². The fourth-order valence-electron chi connectivity index (χ4n) is 3.18. The molecule has 0 heterocycles. The Balaban J connectivity index is 0.00000153. The largest absolute Gasteiger partial charge is 0.503 e. The third-order valence-corrected chi connectivity index (χ3v) is 4.69. The van der Waals surface area contributed by atoms with Crippen LogP contribution in [0.25, 0.3) is 0 Å². The summed E-state index contributed by atoms with van der Waals surface area (Å²) in [4.78, 5) is 8.56. The van der Waals surface area contributed by atoms with Gasteiger partial charge in [-0.25, -0.2) is 4.79 Å². The highest BCUT2D eigenvalue weighted by atomic mass is 16.6. The molecular weight excluding hydrogens is 338 g/mol. The number of nitriles is 1. The lowest BCUT2D eigenvalue weighted by atomic mass is 10.0. The van der Waals surface area contributed by atoms with E-state index in [1.54, 1.807) is 0 Å². The molecule has 0 saturated heterocycles. The van der Waals surface area contributed by atoms with E-state index in [-0.39, 0.29) is 0 Å². The highest BCUT2D eigenvalue weighted by Crippen LogP contribution is 2.15. The van der Waals surface area contributed by atoms with Gasteiger partial charge in [0.05, 0.1) is 11.6 Å². The molecule has 0 aliphatic rings. The molecule has 0 fully saturated rings. The van der Waals surface area contributed by atoms with E-state index in [1.807, 2.05) is 18.2 Å². The van der Waals surface area contributed by atoms with E-state index >= 15 is 0 Å². The first-order valence-corrected chi connectivity index (χ1v) is 10.5. The van der Waals surface area contributed by atoms with Crippen molar-refractivity contribution in [3.8, 4) is 6.07 Å². The van der Waals surface area contributed by atoms with Crippen molar-refractivity contribution in [3.05, 3.63) is 35.4 Å². The van der Waals surface area contributed by atoms with Gasteiger partial charge >= 0.3 is 6.16 Å². The number of aryl methyl sites for hydroxylation is 1. The number of hydrogen-bond donors (Lipinski definition) is 2. The number of carbonyl (C=O) groups is 1. The SMILES string of the molecule is CCCCCCCCCCCCCCCc1ccccc1C#N.O=C(O)O. The first-order chi connectivity index (χ1) is 13.1. The maximum Gasteiger partial charge on any atom is 0.503 e. The van der Waals surface area contributed by atoms with Crippen LogP contribution >= 0.6 is 0 Å². The van der Waals surface area contributed by atoms with Crippen LogP contribution in [0.15, 0.2) is 24.3 Å². The summed E-state index contributed by atoms with van der Waals surface area (Å²) in [5.41, 5.74) is 2.07. The molecular formula is C23H37NO3. The van der Waals surface area contributed by atoms with Crippen LogP contribution in [0.3, 0.4) is 0 Å². The van der Waals surface area contributed by atoms with Gasteiger partial charge in [-0.3, -0.25) is 0 Å². The molecule has 0 saturated carbocycles. The number of benzene rings is 1. The molecule has 0 spiro atoms. The van der Waals surface area contributed by atoms with Gasteiger partial charge in [0, 0.05) is 0 Å². The minimum Gasteiger partial charge on any atom is -0.450 e. The average Bonchev–Trinajstić information content (AvgIpc) is 2.65. The molecule has 1 rings (SSSR count). The van der Waals surface area contributed by atoms with Crippen molar-refractivity contribution in [2.45, 2.75) is 96.8 Å². The van der Waals surface area contributed by atoms with E-state index in [1.165, 1.54) is 89.0 Å². The quantitative estimate of drug-likeness (QED) is 0.332. The Morgan fingerprint density at radius 1 is 0.815 bits per heavy atom. The maximum atomic E-state index is 9.07. The van der Waals surface area contributed by atoms with Crippen LogP contribution in [-0.2, 0) is 6.42 Å². The monoisotopic (exact) mass is 375 g/mol. The third-order valence-electron chi connectivity index (χ3n) is 4.69. The summed E-state index contributed by atoms with van der Waals surface area (Å²) < 4.78 is 0. The van der Waals surface area contributed by atoms with Gasteiger partial charge in [-0.2, -0.15) is 5.26 Å². The Hall–Kier alpha value is -2.02. The van der Waals surface area contributed by atoms with Crippen LogP contribution in [0.2, 0.25) is 0 Å². The molecule has 1 aromatic carbocycles. The van der Waals surface area contributed by atoms with E-state index in [9.17, 15) is 0 Å². The summed E-state index contributed by atoms with van der Waals surface area (Å²) in [5.74, 6) is 0. The lowest BCUT2D eigenvalue weighted by molar-refractivity contribution is 0.137. The van der Waals surface area contributed by atoms with Crippen LogP contribution in [0, 0.1) is 11.3 Å². The Labute approximate surface area is 165 Å². The second-order valence-corrected chi connectivity index (χ2v) is 7.04. The standard InChI is InChI=1S/C22H35N.CH2O3/c1-2-3-4-5-6-7-8-9-10-11-12-13-14-17-21-18-15-16-19-22(21)20-23;2-1(3)4/h15-16,18-19H,2-14,17H2,1H3;(H2,2,3,4). The van der Waals surface area contributed by atoms with Gasteiger partial charge in [-0.1, -0.05) is 102 Å². The zero-order valence-corrected chi connectivity index (χ0v) is 17.0. The number of nitrogens with zero attached hydrogens (tertiary/aromatic N) is 1. The zero-order valence-electron chi connectivity index (χ0n) is 17.0. The average molecular weight is 376 g/mol. The van der Waals surface area contributed by atoms with Crippen LogP contribution in [0.5, 0.6) is 0 Å². The summed E-state index contributed by atoms with van der Waals surface area (Å²) in [7, 11) is 0. The van der Waals surface area contributed by atoms with Crippen molar-refractivity contribution in [2.75, 3.05) is 0 Å². The van der Waals surface area contributed by atoms with Crippen molar-refractivity contribution >= 4 is 6.16 Å². The molecule has 0 aliphatic carbocycles. The van der Waals surface area contributed by atoms with Crippen LogP contribution in [0.1, 0.15) is 102 Å². The van der Waals surface area contributed by atoms with Gasteiger partial charge in [0.15, 0.2) is 0 Å². The van der Waals surface area contributed by atoms with E-state index < -0.39 is 6.16 Å². The highest BCUT2D eigenvalue weighted by molar-refractivity contribution is 5.53. The summed E-state index contributed by atoms with van der Waals surface area (Å²) >= 11 is 0. The molecule has 0 atom stereocenters. The maximum absolute atomic E-state index is 9.07. The molecule has 0 radical (unpaired) electrons. The lowest BCUT2D eigenvalue weighted by Gasteiger charge is -2.04. The number of carboxylic acid groups (broad SMARTS) is 2. The number of unbranched alkanes of at least 4 members (excludes halogenated alkanes) is 12. The molecule has 152 valence electrons. The molecule has 0 amide bonds. The Kier molecular flexibility index (Phi) is 17.4. The van der Waals surface area contributed by atoms with E-state index in [2.05, 4.69) is 19.1 Å². The van der Waals surface area contributed by atoms with Gasteiger partial charge in [0.2, 0.25) is 0 Å². The summed E-state index contributed by atoms with van der Waals surface area (Å²) in [6.07, 6.45) is 17.3. The first-order valence-electron chi connectivity index (χ1n) is 10.5.